The fraction of sp³-hybridized carbons (Fsp3) is 0.545. The molecule has 28 heavy (non-hydrogen) atoms. The van der Waals surface area contributed by atoms with Gasteiger partial charge in [-0.25, -0.2) is 4.98 Å². The summed E-state index contributed by atoms with van der Waals surface area (Å²) >= 11 is 0. The minimum atomic E-state index is 0.613. The van der Waals surface area contributed by atoms with Crippen LogP contribution >= 0.6 is 0 Å². The Hall–Kier alpha value is -2.18. The molecule has 1 aromatic carbocycles. The topological polar surface area (TPSA) is 79.1 Å². The first-order valence-corrected chi connectivity index (χ1v) is 10.7. The van der Waals surface area contributed by atoms with Crippen LogP contribution in [0, 0.1) is 0 Å². The maximum absolute atomic E-state index is 5.63. The third-order valence-electron chi connectivity index (χ3n) is 5.55. The second kappa shape index (κ2) is 9.34. The highest BCUT2D eigenvalue weighted by Gasteiger charge is 2.27. The normalized spacial score (nSPS) is 17.5. The second-order valence-corrected chi connectivity index (χ2v) is 8.00. The molecule has 0 amide bonds. The fourth-order valence-electron chi connectivity index (χ4n) is 3.85. The number of likely N-dealkylation sites (tertiary alicyclic amines) is 1. The predicted molar refractivity (Wildman–Crippen MR) is 115 cm³/mol. The van der Waals surface area contributed by atoms with Crippen LogP contribution in [-0.2, 0) is 6.54 Å². The van der Waals surface area contributed by atoms with Crippen molar-refractivity contribution in [1.82, 2.24) is 14.9 Å². The minimum Gasteiger partial charge on any atom is -0.370 e. The summed E-state index contributed by atoms with van der Waals surface area (Å²) in [5, 5.41) is 6.84. The number of nitrogens with zero attached hydrogens (tertiary/aromatic N) is 3. The maximum atomic E-state index is 5.63. The summed E-state index contributed by atoms with van der Waals surface area (Å²) in [6.45, 7) is 4.97. The van der Waals surface area contributed by atoms with Crippen LogP contribution in [0.2, 0.25) is 0 Å². The van der Waals surface area contributed by atoms with Gasteiger partial charge in [0.2, 0.25) is 5.95 Å². The zero-order chi connectivity index (χ0) is 19.2. The highest BCUT2D eigenvalue weighted by atomic mass is 15.1. The van der Waals surface area contributed by atoms with E-state index in [0.717, 1.165) is 31.0 Å². The van der Waals surface area contributed by atoms with Gasteiger partial charge in [0.05, 0.1) is 0 Å². The van der Waals surface area contributed by atoms with Gasteiger partial charge in [0.25, 0.3) is 0 Å². The van der Waals surface area contributed by atoms with Crippen molar-refractivity contribution < 1.29 is 0 Å². The van der Waals surface area contributed by atoms with Gasteiger partial charge < -0.3 is 16.4 Å². The van der Waals surface area contributed by atoms with Crippen molar-refractivity contribution in [2.75, 3.05) is 36.8 Å². The highest BCUT2D eigenvalue weighted by molar-refractivity contribution is 5.58. The van der Waals surface area contributed by atoms with Gasteiger partial charge in [-0.3, -0.25) is 4.90 Å². The van der Waals surface area contributed by atoms with Crippen molar-refractivity contribution in [2.24, 2.45) is 5.73 Å². The first-order valence-electron chi connectivity index (χ1n) is 10.7. The number of benzene rings is 1. The molecular weight excluding hydrogens is 348 g/mol. The molecule has 2 aromatic rings. The van der Waals surface area contributed by atoms with Gasteiger partial charge in [-0.05, 0) is 75.4 Å². The van der Waals surface area contributed by atoms with Gasteiger partial charge in [0.15, 0.2) is 0 Å². The molecule has 1 aliphatic heterocycles. The average Bonchev–Trinajstić information content (AvgIpc) is 3.55. The minimum absolute atomic E-state index is 0.613. The van der Waals surface area contributed by atoms with Crippen molar-refractivity contribution in [3.05, 3.63) is 41.6 Å². The predicted octanol–water partition coefficient (Wildman–Crippen LogP) is 3.84. The lowest BCUT2D eigenvalue weighted by molar-refractivity contribution is 0.221. The molecule has 150 valence electrons. The maximum Gasteiger partial charge on any atom is 0.229 e. The lowest BCUT2D eigenvalue weighted by Gasteiger charge is -2.26. The molecule has 0 spiro atoms. The SMILES string of the molecule is NCCCNc1nc(Nc2cccc(CN3CCCCC3)c2)ncc1C1CC1. The molecule has 6 nitrogen and oxygen atoms in total. The van der Waals surface area contributed by atoms with Gasteiger partial charge in [-0.15, -0.1) is 0 Å². The van der Waals surface area contributed by atoms with Crippen LogP contribution in [0.4, 0.5) is 17.5 Å². The molecule has 1 saturated heterocycles. The summed E-state index contributed by atoms with van der Waals surface area (Å²) in [5.41, 5.74) is 9.24. The van der Waals surface area contributed by atoms with Gasteiger partial charge in [0.1, 0.15) is 5.82 Å². The van der Waals surface area contributed by atoms with Crippen LogP contribution < -0.4 is 16.4 Å². The summed E-state index contributed by atoms with van der Waals surface area (Å²) in [7, 11) is 0. The molecule has 0 bridgehead atoms. The van der Waals surface area contributed by atoms with E-state index in [4.69, 9.17) is 10.7 Å². The summed E-state index contributed by atoms with van der Waals surface area (Å²) in [4.78, 5) is 11.9. The Morgan fingerprint density at radius 3 is 2.79 bits per heavy atom. The quantitative estimate of drug-likeness (QED) is 0.574. The summed E-state index contributed by atoms with van der Waals surface area (Å²) in [5.74, 6) is 2.22. The number of anilines is 3. The lowest BCUT2D eigenvalue weighted by atomic mass is 10.1. The van der Waals surface area contributed by atoms with Crippen LogP contribution in [0.15, 0.2) is 30.5 Å². The van der Waals surface area contributed by atoms with Crippen molar-refractivity contribution >= 4 is 17.5 Å². The largest absolute Gasteiger partial charge is 0.370 e. The number of hydrogen-bond acceptors (Lipinski definition) is 6. The number of nitrogens with one attached hydrogen (secondary N) is 2. The molecule has 2 aliphatic rings. The van der Waals surface area contributed by atoms with E-state index in [2.05, 4.69) is 44.8 Å². The lowest BCUT2D eigenvalue weighted by Crippen LogP contribution is -2.29. The van der Waals surface area contributed by atoms with Gasteiger partial charge in [-0.2, -0.15) is 4.98 Å². The molecule has 1 aliphatic carbocycles. The van der Waals surface area contributed by atoms with E-state index in [-0.39, 0.29) is 0 Å². The van der Waals surface area contributed by atoms with E-state index in [1.807, 2.05) is 6.20 Å². The molecule has 4 rings (SSSR count). The molecule has 0 atom stereocenters. The Morgan fingerprint density at radius 2 is 2.00 bits per heavy atom. The van der Waals surface area contributed by atoms with E-state index < -0.39 is 0 Å². The number of piperidine rings is 1. The number of nitrogens with two attached hydrogens (primary N) is 1. The Labute approximate surface area is 167 Å². The Balaban J connectivity index is 1.44. The average molecular weight is 381 g/mol. The third kappa shape index (κ3) is 5.20. The standard InChI is InChI=1S/C22H32N6/c23-10-5-11-24-21-20(18-8-9-18)15-25-22(27-21)26-19-7-4-6-17(14-19)16-28-12-2-1-3-13-28/h4,6-7,14-15,18H,1-3,5,8-13,16,23H2,(H2,24,25,26,27). The van der Waals surface area contributed by atoms with E-state index >= 15 is 0 Å². The van der Waals surface area contributed by atoms with Crippen molar-refractivity contribution in [1.29, 1.82) is 0 Å². The third-order valence-corrected chi connectivity index (χ3v) is 5.55. The van der Waals surface area contributed by atoms with Crippen molar-refractivity contribution in [3.63, 3.8) is 0 Å². The number of hydrogen-bond donors (Lipinski definition) is 3. The molecule has 0 unspecified atom stereocenters. The van der Waals surface area contributed by atoms with E-state index in [1.54, 1.807) is 0 Å². The summed E-state index contributed by atoms with van der Waals surface area (Å²) in [6.07, 6.45) is 9.40. The fourth-order valence-corrected chi connectivity index (χ4v) is 3.85. The zero-order valence-electron chi connectivity index (χ0n) is 16.7. The van der Waals surface area contributed by atoms with Crippen LogP contribution in [0.5, 0.6) is 0 Å². The summed E-state index contributed by atoms with van der Waals surface area (Å²) < 4.78 is 0. The molecule has 6 heteroatoms. The summed E-state index contributed by atoms with van der Waals surface area (Å²) in [6, 6.07) is 8.62. The smallest absolute Gasteiger partial charge is 0.229 e. The molecule has 2 heterocycles. The van der Waals surface area contributed by atoms with Crippen LogP contribution in [-0.4, -0.2) is 41.0 Å². The first-order chi connectivity index (χ1) is 13.8. The Morgan fingerprint density at radius 1 is 1.14 bits per heavy atom. The second-order valence-electron chi connectivity index (χ2n) is 8.00. The van der Waals surface area contributed by atoms with Gasteiger partial charge in [0, 0.05) is 30.5 Å². The molecule has 2 fully saturated rings. The zero-order valence-corrected chi connectivity index (χ0v) is 16.7. The van der Waals surface area contributed by atoms with Crippen molar-refractivity contribution in [2.45, 2.75) is 51.0 Å². The van der Waals surface area contributed by atoms with Gasteiger partial charge >= 0.3 is 0 Å². The monoisotopic (exact) mass is 380 g/mol. The number of aromatic nitrogens is 2. The van der Waals surface area contributed by atoms with Crippen LogP contribution in [0.3, 0.4) is 0 Å². The van der Waals surface area contributed by atoms with Crippen molar-refractivity contribution in [3.8, 4) is 0 Å². The number of rotatable bonds is 9. The Bertz CT molecular complexity index is 767. The molecular formula is C22H32N6. The molecule has 1 aromatic heterocycles. The first kappa shape index (κ1) is 19.2. The van der Waals surface area contributed by atoms with Crippen LogP contribution in [0.1, 0.15) is 55.6 Å². The van der Waals surface area contributed by atoms with E-state index in [9.17, 15) is 0 Å². The van der Waals surface area contributed by atoms with Gasteiger partial charge in [-0.1, -0.05) is 18.6 Å². The molecule has 1 saturated carbocycles. The van der Waals surface area contributed by atoms with E-state index in [1.165, 1.54) is 56.3 Å². The highest BCUT2D eigenvalue weighted by Crippen LogP contribution is 2.42. The van der Waals surface area contributed by atoms with Crippen LogP contribution in [0.25, 0.3) is 0 Å². The molecule has 0 radical (unpaired) electrons. The van der Waals surface area contributed by atoms with E-state index in [0.29, 0.717) is 18.4 Å². The molecule has 4 N–H and O–H groups in total. The Kier molecular flexibility index (Phi) is 6.39.